The minimum absolute atomic E-state index is 0.117. The first-order chi connectivity index (χ1) is 35.7. The average Bonchev–Trinajstić information content (AvgIpc) is 3.28. The number of ether oxygens (including phenoxy) is 11. The van der Waals surface area contributed by atoms with Crippen LogP contribution < -0.4 is 21.3 Å². The zero-order valence-corrected chi connectivity index (χ0v) is 45.5. The maximum Gasteiger partial charge on any atom is 0.411 e. The van der Waals surface area contributed by atoms with Gasteiger partial charge in [-0.1, -0.05) is 25.7 Å². The number of carbonyl (C=O) groups excluding carboxylic acids is 11. The van der Waals surface area contributed by atoms with Crippen LogP contribution in [0.4, 0.5) is 4.79 Å². The zero-order chi connectivity index (χ0) is 57.1. The number of nitrogens with zero attached hydrogens (tertiary/aromatic N) is 1. The van der Waals surface area contributed by atoms with Crippen molar-refractivity contribution in [1.82, 2.24) is 26.2 Å². The van der Waals surface area contributed by atoms with Gasteiger partial charge in [-0.05, 0) is 46.5 Å². The van der Waals surface area contributed by atoms with Gasteiger partial charge in [-0.3, -0.25) is 52.8 Å². The van der Waals surface area contributed by atoms with Crippen LogP contribution in [-0.2, 0) is 100 Å². The number of esters is 6. The minimum Gasteiger partial charge on any atom is -0.463 e. The molecule has 432 valence electrons. The van der Waals surface area contributed by atoms with E-state index in [4.69, 9.17) is 52.1 Å². The van der Waals surface area contributed by atoms with Crippen molar-refractivity contribution in [3.8, 4) is 0 Å². The molecule has 2 rings (SSSR count). The number of hydrogen-bond acceptors (Lipinski definition) is 22. The van der Waals surface area contributed by atoms with E-state index in [1.165, 1.54) is 27.7 Å². The fourth-order valence-corrected chi connectivity index (χ4v) is 7.85. The molecule has 2 heterocycles. The Hall–Kier alpha value is -6.19. The highest BCUT2D eigenvalue weighted by molar-refractivity contribution is 5.87. The summed E-state index contributed by atoms with van der Waals surface area (Å²) in [7, 11) is 0. The van der Waals surface area contributed by atoms with Gasteiger partial charge in [0.1, 0.15) is 56.2 Å². The third-order valence-electron chi connectivity index (χ3n) is 10.8. The summed E-state index contributed by atoms with van der Waals surface area (Å²) in [4.78, 5) is 136. The number of rotatable bonds is 30. The molecule has 27 nitrogen and oxygen atoms in total. The molecule has 0 unspecified atom stereocenters. The Balaban J connectivity index is 1.88. The van der Waals surface area contributed by atoms with Gasteiger partial charge in [0.2, 0.25) is 23.6 Å². The average molecular weight is 1090 g/mol. The third kappa shape index (κ3) is 26.5. The van der Waals surface area contributed by atoms with E-state index in [2.05, 4.69) is 21.3 Å². The van der Waals surface area contributed by atoms with E-state index < -0.39 is 146 Å². The van der Waals surface area contributed by atoms with Crippen molar-refractivity contribution in [1.29, 1.82) is 0 Å². The molecule has 0 saturated carbocycles. The summed E-state index contributed by atoms with van der Waals surface area (Å²) in [5, 5.41) is 10.8. The number of amides is 5. The summed E-state index contributed by atoms with van der Waals surface area (Å²) in [6, 6.07) is -2.20. The fourth-order valence-electron chi connectivity index (χ4n) is 7.85. The van der Waals surface area contributed by atoms with Gasteiger partial charge >= 0.3 is 41.9 Å². The molecule has 27 heteroatoms. The van der Waals surface area contributed by atoms with E-state index in [0.717, 1.165) is 32.6 Å². The molecule has 0 radical (unpaired) electrons. The summed E-state index contributed by atoms with van der Waals surface area (Å²) in [6.45, 7) is 13.4. The van der Waals surface area contributed by atoms with Gasteiger partial charge in [0.05, 0.1) is 0 Å². The van der Waals surface area contributed by atoms with Crippen molar-refractivity contribution in [2.45, 2.75) is 194 Å². The second kappa shape index (κ2) is 33.8. The van der Waals surface area contributed by atoms with Crippen LogP contribution in [0.5, 0.6) is 0 Å². The van der Waals surface area contributed by atoms with E-state index in [1.807, 2.05) is 0 Å². The lowest BCUT2D eigenvalue weighted by Crippen LogP contribution is -2.66. The lowest BCUT2D eigenvalue weighted by molar-refractivity contribution is -0.277. The summed E-state index contributed by atoms with van der Waals surface area (Å²) in [5.41, 5.74) is -0.915. The van der Waals surface area contributed by atoms with Crippen molar-refractivity contribution < 1.29 is 105 Å². The predicted octanol–water partition coefficient (Wildman–Crippen LogP) is 0.922. The number of unbranched alkanes of at least 4 members (excludes halogenated alkanes) is 6. The molecule has 2 aliphatic heterocycles. The number of hydrogen-bond donors (Lipinski definition) is 4. The molecule has 0 spiro atoms. The summed E-state index contributed by atoms with van der Waals surface area (Å²) >= 11 is 0. The molecule has 0 aliphatic carbocycles. The van der Waals surface area contributed by atoms with Gasteiger partial charge in [-0.15, -0.1) is 0 Å². The maximum atomic E-state index is 13.1. The standard InChI is InChI=1S/C49H79N5O22/c1-28(55)52-40-44(72-34(7)61)42(70-32(5)59)36(26-68-30(3)57)74-46(40)66-22-18-14-12-16-20-50-38(63)24-54(48(65)76-49(9,10)11)25-39(64)51-21-17-13-15-19-23-67-47-41(53-29(2)56)45(73-35(8)62)43(71-33(6)60)37(75-47)27-69-31(4)58/h36-37,40-47H,12-27H2,1-11H3,(H,50,63)(H,51,64)(H,52,55)(H,53,56)/t36-,37-,40-,41-,42+,43+,44-,45-,46-,47-/m1/s1. The molecule has 76 heavy (non-hydrogen) atoms. The molecule has 2 saturated heterocycles. The van der Waals surface area contributed by atoms with Gasteiger partial charge < -0.3 is 73.4 Å². The molecule has 10 atom stereocenters. The smallest absolute Gasteiger partial charge is 0.411 e. The molecular formula is C49H79N5O22. The molecule has 0 bridgehead atoms. The van der Waals surface area contributed by atoms with Gasteiger partial charge in [0.25, 0.3) is 0 Å². The SMILES string of the molecule is CC(=O)N[C@H]1[C@H](OCCCCCCNC(=O)CN(CC(=O)NCCCCCCO[C@@H]2O[C@H](COC(C)=O)[C@H](OC(C)=O)[C@H](OC(C)=O)[C@H]2NC(C)=O)C(=O)OC(C)(C)C)O[C@H](COC(C)=O)[C@H](OC(C)=O)[C@@H]1OC(C)=O. The lowest BCUT2D eigenvalue weighted by atomic mass is 9.96. The van der Waals surface area contributed by atoms with Gasteiger partial charge in [0.15, 0.2) is 37.0 Å². The monoisotopic (exact) mass is 1090 g/mol. The first-order valence-electron chi connectivity index (χ1n) is 25.2. The third-order valence-corrected chi connectivity index (χ3v) is 10.8. The molecule has 5 amide bonds. The summed E-state index contributed by atoms with van der Waals surface area (Å²) in [6.07, 6.45) is -5.85. The highest BCUT2D eigenvalue weighted by Gasteiger charge is 2.53. The van der Waals surface area contributed by atoms with Crippen LogP contribution in [0.2, 0.25) is 0 Å². The van der Waals surface area contributed by atoms with Crippen LogP contribution in [0.15, 0.2) is 0 Å². The summed E-state index contributed by atoms with van der Waals surface area (Å²) < 4.78 is 61.4. The Kier molecular flexibility index (Phi) is 29.3. The highest BCUT2D eigenvalue weighted by atomic mass is 16.7. The van der Waals surface area contributed by atoms with Crippen LogP contribution >= 0.6 is 0 Å². The maximum absolute atomic E-state index is 13.1. The molecule has 2 aliphatic rings. The first-order valence-corrected chi connectivity index (χ1v) is 25.2. The fraction of sp³-hybridized carbons (Fsp3) is 0.776. The van der Waals surface area contributed by atoms with E-state index in [-0.39, 0.29) is 39.5 Å². The van der Waals surface area contributed by atoms with E-state index in [9.17, 15) is 52.7 Å². The second-order valence-electron chi connectivity index (χ2n) is 19.0. The zero-order valence-electron chi connectivity index (χ0n) is 45.5. The van der Waals surface area contributed by atoms with Gasteiger partial charge in [-0.2, -0.15) is 0 Å². The Morgan fingerprint density at radius 2 is 0.803 bits per heavy atom. The van der Waals surface area contributed by atoms with Gasteiger partial charge in [0, 0.05) is 81.7 Å². The number of nitrogens with one attached hydrogen (secondary N) is 4. The van der Waals surface area contributed by atoms with Crippen molar-refractivity contribution in [2.75, 3.05) is 52.6 Å². The van der Waals surface area contributed by atoms with Gasteiger partial charge in [-0.25, -0.2) is 4.79 Å². The first kappa shape index (κ1) is 65.9. The second-order valence-corrected chi connectivity index (χ2v) is 19.0. The predicted molar refractivity (Wildman–Crippen MR) is 261 cm³/mol. The minimum atomic E-state index is -1.25. The van der Waals surface area contributed by atoms with Crippen molar-refractivity contribution in [2.24, 2.45) is 0 Å². The summed E-state index contributed by atoms with van der Waals surface area (Å²) in [5.74, 6) is -6.26. The molecule has 0 aromatic heterocycles. The Bertz CT molecular complexity index is 1840. The molecular weight excluding hydrogens is 1010 g/mol. The Labute approximate surface area is 442 Å². The Morgan fingerprint density at radius 3 is 1.12 bits per heavy atom. The van der Waals surface area contributed by atoms with E-state index >= 15 is 0 Å². The Morgan fingerprint density at radius 1 is 0.461 bits per heavy atom. The van der Waals surface area contributed by atoms with Crippen LogP contribution in [0, 0.1) is 0 Å². The largest absolute Gasteiger partial charge is 0.463 e. The topological polar surface area (TPSA) is 341 Å². The van der Waals surface area contributed by atoms with Crippen molar-refractivity contribution in [3.05, 3.63) is 0 Å². The normalized spacial score (nSPS) is 23.0. The van der Waals surface area contributed by atoms with Crippen LogP contribution in [0.1, 0.15) is 128 Å². The molecule has 4 N–H and O–H groups in total. The molecule has 2 fully saturated rings. The van der Waals surface area contributed by atoms with E-state index in [0.29, 0.717) is 51.4 Å². The molecule has 0 aromatic carbocycles. The van der Waals surface area contributed by atoms with Crippen molar-refractivity contribution >= 4 is 65.5 Å². The van der Waals surface area contributed by atoms with Crippen LogP contribution in [-0.4, -0.2) is 190 Å². The number of carbonyl (C=O) groups is 11. The lowest BCUT2D eigenvalue weighted by Gasteiger charge is -2.44. The van der Waals surface area contributed by atoms with Crippen LogP contribution in [0.25, 0.3) is 0 Å². The van der Waals surface area contributed by atoms with Crippen LogP contribution in [0.3, 0.4) is 0 Å². The van der Waals surface area contributed by atoms with Crippen molar-refractivity contribution in [3.63, 3.8) is 0 Å². The van der Waals surface area contributed by atoms with E-state index in [1.54, 1.807) is 20.8 Å². The highest BCUT2D eigenvalue weighted by Crippen LogP contribution is 2.30. The quantitative estimate of drug-likeness (QED) is 0.0441. The molecule has 0 aromatic rings.